The van der Waals surface area contributed by atoms with E-state index < -0.39 is 0 Å². The monoisotopic (exact) mass is 303 g/mol. The van der Waals surface area contributed by atoms with E-state index in [1.807, 2.05) is 6.07 Å². The summed E-state index contributed by atoms with van der Waals surface area (Å²) < 4.78 is 13.6. The second-order valence-electron chi connectivity index (χ2n) is 5.33. The minimum absolute atomic E-state index is 0.137. The summed E-state index contributed by atoms with van der Waals surface area (Å²) in [5, 5.41) is 3.36. The van der Waals surface area contributed by atoms with E-state index in [0.29, 0.717) is 0 Å². The zero-order chi connectivity index (χ0) is 15.4. The number of rotatable bonds is 5. The van der Waals surface area contributed by atoms with E-state index in [0.717, 1.165) is 17.0 Å². The quantitative estimate of drug-likeness (QED) is 0.808. The maximum atomic E-state index is 13.6. The Hall–Kier alpha value is -1.32. The van der Waals surface area contributed by atoms with Crippen molar-refractivity contribution >= 4 is 11.8 Å². The third kappa shape index (κ3) is 4.08. The van der Waals surface area contributed by atoms with Crippen LogP contribution in [0.2, 0.25) is 0 Å². The molecule has 112 valence electrons. The second kappa shape index (κ2) is 7.10. The van der Waals surface area contributed by atoms with E-state index in [1.165, 1.54) is 22.1 Å². The van der Waals surface area contributed by atoms with Gasteiger partial charge in [-0.1, -0.05) is 30.8 Å². The first-order valence-electron chi connectivity index (χ1n) is 7.29. The van der Waals surface area contributed by atoms with Crippen molar-refractivity contribution in [2.24, 2.45) is 0 Å². The molecule has 0 amide bonds. The van der Waals surface area contributed by atoms with E-state index in [-0.39, 0.29) is 11.9 Å². The third-order valence-corrected chi connectivity index (χ3v) is 4.76. The SMILES string of the molecule is CCNC(C)c1cc(F)ccc1Sc1cc(C)ccc1C. The first-order valence-corrected chi connectivity index (χ1v) is 8.11. The lowest BCUT2D eigenvalue weighted by molar-refractivity contribution is 0.574. The molecule has 1 nitrogen and oxygen atoms in total. The van der Waals surface area contributed by atoms with Gasteiger partial charge in [0.05, 0.1) is 0 Å². The summed E-state index contributed by atoms with van der Waals surface area (Å²) in [5.41, 5.74) is 3.51. The van der Waals surface area contributed by atoms with Crippen LogP contribution in [0.5, 0.6) is 0 Å². The summed E-state index contributed by atoms with van der Waals surface area (Å²) >= 11 is 1.71. The lowest BCUT2D eigenvalue weighted by Crippen LogP contribution is -2.18. The van der Waals surface area contributed by atoms with Crippen LogP contribution < -0.4 is 5.32 Å². The molecule has 0 heterocycles. The Kier molecular flexibility index (Phi) is 5.43. The van der Waals surface area contributed by atoms with E-state index in [9.17, 15) is 4.39 Å². The highest BCUT2D eigenvalue weighted by molar-refractivity contribution is 7.99. The van der Waals surface area contributed by atoms with Crippen molar-refractivity contribution in [3.8, 4) is 0 Å². The molecule has 3 heteroatoms. The van der Waals surface area contributed by atoms with Crippen molar-refractivity contribution in [2.45, 2.75) is 43.5 Å². The third-order valence-electron chi connectivity index (χ3n) is 3.51. The van der Waals surface area contributed by atoms with Gasteiger partial charge in [0.1, 0.15) is 5.82 Å². The molecule has 1 unspecified atom stereocenters. The van der Waals surface area contributed by atoms with Crippen LogP contribution in [0.15, 0.2) is 46.2 Å². The van der Waals surface area contributed by atoms with Crippen LogP contribution in [0.25, 0.3) is 0 Å². The molecule has 0 aliphatic rings. The van der Waals surface area contributed by atoms with E-state index in [1.54, 1.807) is 17.8 Å². The largest absolute Gasteiger partial charge is 0.310 e. The minimum Gasteiger partial charge on any atom is -0.310 e. The van der Waals surface area contributed by atoms with Gasteiger partial charge in [-0.25, -0.2) is 4.39 Å². The van der Waals surface area contributed by atoms with Crippen LogP contribution in [-0.4, -0.2) is 6.54 Å². The fraction of sp³-hybridized carbons (Fsp3) is 0.333. The zero-order valence-corrected chi connectivity index (χ0v) is 13.9. The zero-order valence-electron chi connectivity index (χ0n) is 13.0. The molecule has 2 aromatic carbocycles. The molecule has 0 aliphatic heterocycles. The predicted octanol–water partition coefficient (Wildman–Crippen LogP) is 5.26. The molecule has 0 saturated carbocycles. The van der Waals surface area contributed by atoms with Crippen molar-refractivity contribution in [2.75, 3.05) is 6.54 Å². The van der Waals surface area contributed by atoms with E-state index in [2.05, 4.69) is 51.2 Å². The fourth-order valence-corrected chi connectivity index (χ4v) is 3.50. The number of aryl methyl sites for hydroxylation is 2. The summed E-state index contributed by atoms with van der Waals surface area (Å²) in [6, 6.07) is 11.6. The van der Waals surface area contributed by atoms with Gasteiger partial charge in [0, 0.05) is 15.8 Å². The molecular formula is C18H22FNS. The lowest BCUT2D eigenvalue weighted by Gasteiger charge is -2.18. The number of halogens is 1. The average molecular weight is 303 g/mol. The second-order valence-corrected chi connectivity index (χ2v) is 6.42. The molecule has 0 aromatic heterocycles. The van der Waals surface area contributed by atoms with Gasteiger partial charge in [-0.3, -0.25) is 0 Å². The fourth-order valence-electron chi connectivity index (χ4n) is 2.30. The van der Waals surface area contributed by atoms with Gasteiger partial charge < -0.3 is 5.32 Å². The maximum absolute atomic E-state index is 13.6. The molecule has 21 heavy (non-hydrogen) atoms. The molecule has 0 spiro atoms. The number of hydrogen-bond donors (Lipinski definition) is 1. The molecule has 1 N–H and O–H groups in total. The van der Waals surface area contributed by atoms with Gasteiger partial charge in [0.2, 0.25) is 0 Å². The van der Waals surface area contributed by atoms with Gasteiger partial charge in [-0.05, 0) is 68.3 Å². The Balaban J connectivity index is 2.37. The summed E-state index contributed by atoms with van der Waals surface area (Å²) in [4.78, 5) is 2.34. The Morgan fingerprint density at radius 3 is 2.57 bits per heavy atom. The highest BCUT2D eigenvalue weighted by Crippen LogP contribution is 2.35. The van der Waals surface area contributed by atoms with Crippen molar-refractivity contribution in [3.05, 3.63) is 58.9 Å². The summed E-state index contributed by atoms with van der Waals surface area (Å²) in [7, 11) is 0. The topological polar surface area (TPSA) is 12.0 Å². The average Bonchev–Trinajstić information content (AvgIpc) is 2.45. The van der Waals surface area contributed by atoms with Crippen LogP contribution in [0.3, 0.4) is 0 Å². The molecule has 2 rings (SSSR count). The highest BCUT2D eigenvalue weighted by atomic mass is 32.2. The molecule has 0 aliphatic carbocycles. The van der Waals surface area contributed by atoms with Gasteiger partial charge in [0.25, 0.3) is 0 Å². The Labute approximate surface area is 131 Å². The molecule has 0 radical (unpaired) electrons. The molecule has 0 saturated heterocycles. The molecule has 1 atom stereocenters. The van der Waals surface area contributed by atoms with Crippen LogP contribution in [0, 0.1) is 19.7 Å². The van der Waals surface area contributed by atoms with Gasteiger partial charge in [-0.15, -0.1) is 0 Å². The maximum Gasteiger partial charge on any atom is 0.123 e. The van der Waals surface area contributed by atoms with Gasteiger partial charge in [-0.2, -0.15) is 0 Å². The first kappa shape index (κ1) is 16.1. The summed E-state index contributed by atoms with van der Waals surface area (Å²) in [6.07, 6.45) is 0. The van der Waals surface area contributed by atoms with Crippen molar-refractivity contribution < 1.29 is 4.39 Å². The van der Waals surface area contributed by atoms with Gasteiger partial charge in [0.15, 0.2) is 0 Å². The smallest absolute Gasteiger partial charge is 0.123 e. The Bertz CT molecular complexity index is 625. The summed E-state index contributed by atoms with van der Waals surface area (Å²) in [5.74, 6) is -0.180. The van der Waals surface area contributed by atoms with Crippen LogP contribution >= 0.6 is 11.8 Å². The molecule has 0 fully saturated rings. The highest BCUT2D eigenvalue weighted by Gasteiger charge is 2.13. The van der Waals surface area contributed by atoms with E-state index >= 15 is 0 Å². The molecule has 0 bridgehead atoms. The predicted molar refractivity (Wildman–Crippen MR) is 88.5 cm³/mol. The first-order chi connectivity index (χ1) is 10.0. The molecular weight excluding hydrogens is 281 g/mol. The van der Waals surface area contributed by atoms with Crippen LogP contribution in [0.1, 0.15) is 36.6 Å². The Morgan fingerprint density at radius 1 is 1.10 bits per heavy atom. The Morgan fingerprint density at radius 2 is 1.86 bits per heavy atom. The lowest BCUT2D eigenvalue weighted by atomic mass is 10.1. The normalized spacial score (nSPS) is 12.4. The van der Waals surface area contributed by atoms with E-state index in [4.69, 9.17) is 0 Å². The van der Waals surface area contributed by atoms with Gasteiger partial charge >= 0.3 is 0 Å². The molecule has 2 aromatic rings. The van der Waals surface area contributed by atoms with Crippen LogP contribution in [0.4, 0.5) is 4.39 Å². The number of nitrogens with one attached hydrogen (secondary N) is 1. The minimum atomic E-state index is -0.180. The number of hydrogen-bond acceptors (Lipinski definition) is 2. The van der Waals surface area contributed by atoms with Crippen molar-refractivity contribution in [1.82, 2.24) is 5.32 Å². The summed E-state index contributed by atoms with van der Waals surface area (Å²) in [6.45, 7) is 9.21. The standard InChI is InChI=1S/C18H22FNS/c1-5-20-14(4)16-11-15(19)8-9-17(16)21-18-10-12(2)6-7-13(18)3/h6-11,14,20H,5H2,1-4H3. The van der Waals surface area contributed by atoms with Crippen molar-refractivity contribution in [3.63, 3.8) is 0 Å². The van der Waals surface area contributed by atoms with Crippen molar-refractivity contribution in [1.29, 1.82) is 0 Å². The number of benzene rings is 2. The van der Waals surface area contributed by atoms with Crippen LogP contribution in [-0.2, 0) is 0 Å².